The third kappa shape index (κ3) is 8.06. The average Bonchev–Trinajstić information content (AvgIpc) is 2.75. The van der Waals surface area contributed by atoms with E-state index in [1.54, 1.807) is 12.1 Å². The summed E-state index contributed by atoms with van der Waals surface area (Å²) in [4.78, 5) is 3.96. The molecule has 0 aromatic heterocycles. The van der Waals surface area contributed by atoms with Crippen LogP contribution in [-0.4, -0.2) is 18.7 Å². The lowest BCUT2D eigenvalue weighted by atomic mass is 9.86. The maximum absolute atomic E-state index is 13.1. The molecular weight excluding hydrogens is 500 g/mol. The van der Waals surface area contributed by atoms with E-state index in [1.807, 2.05) is 24.3 Å². The van der Waals surface area contributed by atoms with E-state index >= 15 is 0 Å². The van der Waals surface area contributed by atoms with Gasteiger partial charge in [-0.1, -0.05) is 45.0 Å². The molecule has 0 saturated heterocycles. The zero-order valence-corrected chi connectivity index (χ0v) is 20.2. The molecule has 4 N–H and O–H groups in total. The van der Waals surface area contributed by atoms with Crippen LogP contribution in [0.4, 0.5) is 26.3 Å². The van der Waals surface area contributed by atoms with Crippen LogP contribution in [0.5, 0.6) is 11.5 Å². The lowest BCUT2D eigenvalue weighted by Gasteiger charge is -2.19. The quantitative estimate of drug-likeness (QED) is 0.209. The van der Waals surface area contributed by atoms with E-state index in [4.69, 9.17) is 11.5 Å². The Labute approximate surface area is 209 Å². The van der Waals surface area contributed by atoms with Crippen molar-refractivity contribution in [2.75, 3.05) is 0 Å². The minimum atomic E-state index is -5.16. The number of rotatable bonds is 6. The Balaban J connectivity index is 2.17. The van der Waals surface area contributed by atoms with Gasteiger partial charge in [0.1, 0.15) is 11.5 Å². The van der Waals surface area contributed by atoms with E-state index in [0.29, 0.717) is 17.2 Å². The second kappa shape index (κ2) is 10.2. The van der Waals surface area contributed by atoms with Crippen LogP contribution < -0.4 is 20.9 Å². The van der Waals surface area contributed by atoms with Gasteiger partial charge in [-0.2, -0.15) is 0 Å². The fourth-order valence-corrected chi connectivity index (χ4v) is 3.60. The summed E-state index contributed by atoms with van der Waals surface area (Å²) in [5, 5.41) is 0. The number of aliphatic imine (C=N–C) groups is 1. The van der Waals surface area contributed by atoms with E-state index in [2.05, 4.69) is 35.2 Å². The van der Waals surface area contributed by atoms with Crippen molar-refractivity contribution in [3.05, 3.63) is 71.8 Å². The first-order chi connectivity index (χ1) is 17.0. The van der Waals surface area contributed by atoms with Crippen LogP contribution in [0.25, 0.3) is 22.3 Å². The lowest BCUT2D eigenvalue weighted by Crippen LogP contribution is -2.22. The highest BCUT2D eigenvalue weighted by molar-refractivity contribution is 5.79. The first-order valence-corrected chi connectivity index (χ1v) is 11.0. The molecule has 3 aromatic rings. The minimum Gasteiger partial charge on any atom is -0.406 e. The molecule has 0 atom stereocenters. The molecule has 0 heterocycles. The van der Waals surface area contributed by atoms with E-state index in [9.17, 15) is 26.3 Å². The normalized spacial score (nSPS) is 12.2. The van der Waals surface area contributed by atoms with Crippen LogP contribution in [0.3, 0.4) is 0 Å². The van der Waals surface area contributed by atoms with Gasteiger partial charge < -0.3 is 20.9 Å². The van der Waals surface area contributed by atoms with Gasteiger partial charge in [-0.15, -0.1) is 26.3 Å². The largest absolute Gasteiger partial charge is 0.573 e. The van der Waals surface area contributed by atoms with E-state index < -0.39 is 24.2 Å². The molecule has 0 unspecified atom stereocenters. The fraction of sp³-hybridized carbons (Fsp3) is 0.269. The summed E-state index contributed by atoms with van der Waals surface area (Å²) in [6, 6.07) is 15.1. The van der Waals surface area contributed by atoms with Crippen LogP contribution in [-0.2, 0) is 12.0 Å². The smallest absolute Gasteiger partial charge is 0.406 e. The molecule has 0 aliphatic heterocycles. The van der Waals surface area contributed by atoms with Gasteiger partial charge in [0.2, 0.25) is 0 Å². The molecule has 0 aliphatic rings. The number of nitrogens with zero attached hydrogens (tertiary/aromatic N) is 1. The molecule has 0 radical (unpaired) electrons. The Morgan fingerprint density at radius 1 is 0.730 bits per heavy atom. The van der Waals surface area contributed by atoms with E-state index in [0.717, 1.165) is 23.3 Å². The van der Waals surface area contributed by atoms with Crippen LogP contribution in [0, 0.1) is 0 Å². The van der Waals surface area contributed by atoms with Gasteiger partial charge in [0.05, 0.1) is 6.54 Å². The highest BCUT2D eigenvalue weighted by atomic mass is 19.4. The first kappa shape index (κ1) is 27.7. The van der Waals surface area contributed by atoms with Gasteiger partial charge in [0, 0.05) is 11.6 Å². The van der Waals surface area contributed by atoms with Crippen molar-refractivity contribution in [2.24, 2.45) is 16.5 Å². The predicted molar refractivity (Wildman–Crippen MR) is 129 cm³/mol. The van der Waals surface area contributed by atoms with Crippen molar-refractivity contribution in [1.82, 2.24) is 0 Å². The van der Waals surface area contributed by atoms with Crippen molar-refractivity contribution in [3.63, 3.8) is 0 Å². The molecule has 0 aliphatic carbocycles. The minimum absolute atomic E-state index is 0.0218. The number of guanidine groups is 1. The topological polar surface area (TPSA) is 82.9 Å². The number of benzene rings is 3. The zero-order chi connectivity index (χ0) is 27.6. The maximum atomic E-state index is 13.1. The molecule has 11 heteroatoms. The molecule has 0 spiro atoms. The monoisotopic (exact) mass is 525 g/mol. The van der Waals surface area contributed by atoms with E-state index in [-0.39, 0.29) is 29.0 Å². The number of alkyl halides is 6. The summed E-state index contributed by atoms with van der Waals surface area (Å²) in [6.45, 7) is 6.20. The van der Waals surface area contributed by atoms with Crippen molar-refractivity contribution in [3.8, 4) is 33.8 Å². The Bertz CT molecular complexity index is 1270. The Hall–Kier alpha value is -3.89. The molecule has 3 rings (SSSR count). The molecule has 0 fully saturated rings. The molecule has 0 bridgehead atoms. The summed E-state index contributed by atoms with van der Waals surface area (Å²) in [5.41, 5.74) is 13.9. The fourth-order valence-electron chi connectivity index (χ4n) is 3.60. The molecule has 198 valence electrons. The lowest BCUT2D eigenvalue weighted by molar-refractivity contribution is -0.276. The molecule has 5 nitrogen and oxygen atoms in total. The number of hydrogen-bond donors (Lipinski definition) is 2. The second-order valence-corrected chi connectivity index (χ2v) is 9.24. The maximum Gasteiger partial charge on any atom is 0.573 e. The molecule has 37 heavy (non-hydrogen) atoms. The summed E-state index contributed by atoms with van der Waals surface area (Å²) in [5.74, 6) is -1.90. The highest BCUT2D eigenvalue weighted by Crippen LogP contribution is 2.40. The van der Waals surface area contributed by atoms with Gasteiger partial charge in [0.15, 0.2) is 5.96 Å². The number of ether oxygens (including phenoxy) is 2. The standard InChI is InChI=1S/C26H25F6N3O2/c1-24(2,3)19-6-4-16(5-7-19)17-10-15(14-35-23(33)34)11-18(12-17)21-9-8-20(36-25(27,28)29)13-22(21)37-26(30,31)32/h4-13H,14H2,1-3H3,(H4,33,34,35). The number of hydrogen-bond acceptors (Lipinski definition) is 3. The van der Waals surface area contributed by atoms with Crippen LogP contribution in [0.1, 0.15) is 31.9 Å². The van der Waals surface area contributed by atoms with E-state index in [1.165, 1.54) is 6.07 Å². The Kier molecular flexibility index (Phi) is 7.66. The third-order valence-electron chi connectivity index (χ3n) is 5.24. The second-order valence-electron chi connectivity index (χ2n) is 9.24. The van der Waals surface area contributed by atoms with Gasteiger partial charge in [0.25, 0.3) is 0 Å². The first-order valence-electron chi connectivity index (χ1n) is 11.0. The third-order valence-corrected chi connectivity index (χ3v) is 5.24. The van der Waals surface area contributed by atoms with Crippen molar-refractivity contribution in [1.29, 1.82) is 0 Å². The molecular formula is C26H25F6N3O2. The molecule has 0 amide bonds. The number of nitrogens with two attached hydrogens (primary N) is 2. The SMILES string of the molecule is CC(C)(C)c1ccc(-c2cc(CN=C(N)N)cc(-c3ccc(OC(F)(F)F)cc3OC(F)(F)F)c2)cc1. The summed E-state index contributed by atoms with van der Waals surface area (Å²) in [6.07, 6.45) is -10.3. The number of halogens is 6. The summed E-state index contributed by atoms with van der Waals surface area (Å²) < 4.78 is 85.3. The Morgan fingerprint density at radius 3 is 1.86 bits per heavy atom. The molecule has 3 aromatic carbocycles. The van der Waals surface area contributed by atoms with Gasteiger partial charge in [-0.05, 0) is 63.6 Å². The van der Waals surface area contributed by atoms with Gasteiger partial charge in [-0.25, -0.2) is 4.99 Å². The average molecular weight is 525 g/mol. The van der Waals surface area contributed by atoms with Crippen LogP contribution >= 0.6 is 0 Å². The van der Waals surface area contributed by atoms with Crippen molar-refractivity contribution in [2.45, 2.75) is 45.5 Å². The van der Waals surface area contributed by atoms with Gasteiger partial charge in [-0.3, -0.25) is 0 Å². The summed E-state index contributed by atoms with van der Waals surface area (Å²) >= 11 is 0. The summed E-state index contributed by atoms with van der Waals surface area (Å²) in [7, 11) is 0. The predicted octanol–water partition coefficient (Wildman–Crippen LogP) is 6.89. The van der Waals surface area contributed by atoms with Crippen molar-refractivity contribution < 1.29 is 35.8 Å². The van der Waals surface area contributed by atoms with Crippen LogP contribution in [0.15, 0.2) is 65.7 Å². The zero-order valence-electron chi connectivity index (χ0n) is 20.2. The van der Waals surface area contributed by atoms with Crippen molar-refractivity contribution >= 4 is 5.96 Å². The van der Waals surface area contributed by atoms with Crippen LogP contribution in [0.2, 0.25) is 0 Å². The van der Waals surface area contributed by atoms with Gasteiger partial charge >= 0.3 is 12.7 Å². The molecule has 0 saturated carbocycles. The highest BCUT2D eigenvalue weighted by Gasteiger charge is 2.34. The Morgan fingerprint density at radius 2 is 1.32 bits per heavy atom.